The molecule has 0 unspecified atom stereocenters. The van der Waals surface area contributed by atoms with Crippen molar-refractivity contribution in [2.45, 2.75) is 25.7 Å². The van der Waals surface area contributed by atoms with Gasteiger partial charge in [0.1, 0.15) is 0 Å². The third-order valence-electron chi connectivity index (χ3n) is 4.48. The number of carbonyl (C=O) groups is 1. The lowest BCUT2D eigenvalue weighted by molar-refractivity contribution is 0.0967. The molecule has 1 aliphatic heterocycles. The van der Waals surface area contributed by atoms with Gasteiger partial charge in [-0.25, -0.2) is 4.79 Å². The van der Waals surface area contributed by atoms with E-state index in [0.29, 0.717) is 13.0 Å². The van der Waals surface area contributed by atoms with Crippen molar-refractivity contribution in [3.05, 3.63) is 77.9 Å². The van der Waals surface area contributed by atoms with E-state index in [0.717, 1.165) is 25.9 Å². The lowest BCUT2D eigenvalue weighted by Gasteiger charge is -2.25. The maximum atomic E-state index is 12.1. The van der Waals surface area contributed by atoms with Crippen LogP contribution in [-0.2, 0) is 4.74 Å². The molecule has 0 radical (unpaired) electrons. The summed E-state index contributed by atoms with van der Waals surface area (Å²) in [6, 6.07) is 20.7. The van der Waals surface area contributed by atoms with Gasteiger partial charge in [-0.2, -0.15) is 0 Å². The van der Waals surface area contributed by atoms with Crippen LogP contribution in [0.3, 0.4) is 0 Å². The Morgan fingerprint density at radius 2 is 1.44 bits per heavy atom. The SMILES string of the molecule is O=C(OCCC=C(c1ccccc1)c1ccccc1)N1CCCCC1. The molecule has 1 saturated heterocycles. The number of hydrogen-bond acceptors (Lipinski definition) is 2. The van der Waals surface area contributed by atoms with Crippen LogP contribution in [0.15, 0.2) is 66.7 Å². The first-order valence-electron chi connectivity index (χ1n) is 9.07. The predicted octanol–water partition coefficient (Wildman–Crippen LogP) is 5.13. The Morgan fingerprint density at radius 1 is 0.880 bits per heavy atom. The highest BCUT2D eigenvalue weighted by Gasteiger charge is 2.17. The van der Waals surface area contributed by atoms with Crippen molar-refractivity contribution in [1.82, 2.24) is 4.90 Å². The number of amides is 1. The molecule has 3 heteroatoms. The van der Waals surface area contributed by atoms with Crippen molar-refractivity contribution in [2.75, 3.05) is 19.7 Å². The van der Waals surface area contributed by atoms with Gasteiger partial charge < -0.3 is 9.64 Å². The quantitative estimate of drug-likeness (QED) is 0.709. The molecule has 2 aromatic carbocycles. The highest BCUT2D eigenvalue weighted by atomic mass is 16.6. The average molecular weight is 335 g/mol. The van der Waals surface area contributed by atoms with Gasteiger partial charge in [-0.05, 0) is 36.0 Å². The van der Waals surface area contributed by atoms with Gasteiger partial charge in [-0.1, -0.05) is 66.7 Å². The molecule has 2 aromatic rings. The zero-order chi connectivity index (χ0) is 17.3. The summed E-state index contributed by atoms with van der Waals surface area (Å²) < 4.78 is 5.45. The van der Waals surface area contributed by atoms with E-state index >= 15 is 0 Å². The molecule has 1 amide bonds. The van der Waals surface area contributed by atoms with Crippen molar-refractivity contribution in [1.29, 1.82) is 0 Å². The number of ether oxygens (including phenoxy) is 1. The molecule has 25 heavy (non-hydrogen) atoms. The molecule has 0 aliphatic carbocycles. The monoisotopic (exact) mass is 335 g/mol. The van der Waals surface area contributed by atoms with Crippen LogP contribution >= 0.6 is 0 Å². The summed E-state index contributed by atoms with van der Waals surface area (Å²) in [7, 11) is 0. The van der Waals surface area contributed by atoms with Gasteiger partial charge in [0.05, 0.1) is 6.61 Å². The minimum absolute atomic E-state index is 0.172. The molecule has 1 heterocycles. The van der Waals surface area contributed by atoms with E-state index in [-0.39, 0.29) is 6.09 Å². The molecular weight excluding hydrogens is 310 g/mol. The van der Waals surface area contributed by atoms with Crippen molar-refractivity contribution in [3.63, 3.8) is 0 Å². The maximum absolute atomic E-state index is 12.1. The fourth-order valence-electron chi connectivity index (χ4n) is 3.16. The average Bonchev–Trinajstić information content (AvgIpc) is 2.70. The summed E-state index contributed by atoms with van der Waals surface area (Å²) in [4.78, 5) is 13.9. The number of nitrogens with zero attached hydrogens (tertiary/aromatic N) is 1. The van der Waals surface area contributed by atoms with Crippen LogP contribution < -0.4 is 0 Å². The Morgan fingerprint density at radius 3 is 2.00 bits per heavy atom. The lowest BCUT2D eigenvalue weighted by atomic mass is 9.97. The molecule has 0 saturated carbocycles. The van der Waals surface area contributed by atoms with Crippen LogP contribution in [-0.4, -0.2) is 30.7 Å². The second-order valence-electron chi connectivity index (χ2n) is 6.30. The molecule has 0 atom stereocenters. The number of benzene rings is 2. The normalized spacial score (nSPS) is 14.0. The summed E-state index contributed by atoms with van der Waals surface area (Å²) in [6.07, 6.45) is 6.08. The lowest BCUT2D eigenvalue weighted by Crippen LogP contribution is -2.36. The van der Waals surface area contributed by atoms with Crippen LogP contribution in [0, 0.1) is 0 Å². The zero-order valence-electron chi connectivity index (χ0n) is 14.6. The van der Waals surface area contributed by atoms with E-state index in [4.69, 9.17) is 4.74 Å². The maximum Gasteiger partial charge on any atom is 0.409 e. The fraction of sp³-hybridized carbons (Fsp3) is 0.318. The molecule has 0 N–H and O–H groups in total. The van der Waals surface area contributed by atoms with E-state index in [1.807, 2.05) is 41.3 Å². The molecule has 3 rings (SSSR count). The molecule has 0 bridgehead atoms. The third-order valence-corrected chi connectivity index (χ3v) is 4.48. The molecule has 130 valence electrons. The van der Waals surface area contributed by atoms with Crippen molar-refractivity contribution in [2.24, 2.45) is 0 Å². The summed E-state index contributed by atoms with van der Waals surface area (Å²) in [5.74, 6) is 0. The summed E-state index contributed by atoms with van der Waals surface area (Å²) in [5.41, 5.74) is 3.53. The van der Waals surface area contributed by atoms with E-state index in [2.05, 4.69) is 30.3 Å². The zero-order valence-corrected chi connectivity index (χ0v) is 14.6. The van der Waals surface area contributed by atoms with Crippen molar-refractivity contribution in [3.8, 4) is 0 Å². The van der Waals surface area contributed by atoms with E-state index < -0.39 is 0 Å². The second-order valence-corrected chi connectivity index (χ2v) is 6.30. The summed E-state index contributed by atoms with van der Waals surface area (Å²) in [6.45, 7) is 2.07. The van der Waals surface area contributed by atoms with Gasteiger partial charge in [0, 0.05) is 19.5 Å². The number of piperidine rings is 1. The van der Waals surface area contributed by atoms with Crippen molar-refractivity contribution < 1.29 is 9.53 Å². The van der Waals surface area contributed by atoms with Crippen LogP contribution in [0.2, 0.25) is 0 Å². The van der Waals surface area contributed by atoms with Crippen molar-refractivity contribution >= 4 is 11.7 Å². The van der Waals surface area contributed by atoms with Gasteiger partial charge in [0.25, 0.3) is 0 Å². The first-order valence-corrected chi connectivity index (χ1v) is 9.07. The fourth-order valence-corrected chi connectivity index (χ4v) is 3.16. The summed E-state index contributed by atoms with van der Waals surface area (Å²) >= 11 is 0. The minimum atomic E-state index is -0.172. The van der Waals surface area contributed by atoms with Crippen LogP contribution in [0.4, 0.5) is 4.79 Å². The molecule has 1 aliphatic rings. The van der Waals surface area contributed by atoms with Gasteiger partial charge >= 0.3 is 6.09 Å². The highest BCUT2D eigenvalue weighted by molar-refractivity contribution is 5.79. The molecule has 1 fully saturated rings. The van der Waals surface area contributed by atoms with E-state index in [9.17, 15) is 4.79 Å². The van der Waals surface area contributed by atoms with Crippen LogP contribution in [0.25, 0.3) is 5.57 Å². The Bertz CT molecular complexity index is 647. The number of rotatable bonds is 5. The van der Waals surface area contributed by atoms with E-state index in [1.54, 1.807) is 0 Å². The first-order chi connectivity index (χ1) is 12.3. The number of likely N-dealkylation sites (tertiary alicyclic amines) is 1. The standard InChI is InChI=1S/C22H25NO2/c24-22(23-16-8-3-9-17-23)25-18-10-15-21(19-11-4-1-5-12-19)20-13-6-2-7-14-20/h1-2,4-7,11-15H,3,8-10,16-18H2. The minimum Gasteiger partial charge on any atom is -0.449 e. The number of carbonyl (C=O) groups excluding carboxylic acids is 1. The topological polar surface area (TPSA) is 29.5 Å². The first kappa shape index (κ1) is 17.3. The highest BCUT2D eigenvalue weighted by Crippen LogP contribution is 2.23. The van der Waals surface area contributed by atoms with Gasteiger partial charge in [-0.15, -0.1) is 0 Å². The molecule has 0 aromatic heterocycles. The molecule has 3 nitrogen and oxygen atoms in total. The Hall–Kier alpha value is -2.55. The third kappa shape index (κ3) is 4.96. The Balaban J connectivity index is 1.62. The van der Waals surface area contributed by atoms with Gasteiger partial charge in [0.15, 0.2) is 0 Å². The molecular formula is C22H25NO2. The smallest absolute Gasteiger partial charge is 0.409 e. The Kier molecular flexibility index (Phi) is 6.27. The Labute approximate surface area is 149 Å². The summed E-state index contributed by atoms with van der Waals surface area (Å²) in [5, 5.41) is 0. The predicted molar refractivity (Wildman–Crippen MR) is 101 cm³/mol. The van der Waals surface area contributed by atoms with Crippen LogP contribution in [0.1, 0.15) is 36.8 Å². The largest absolute Gasteiger partial charge is 0.449 e. The molecule has 0 spiro atoms. The van der Waals surface area contributed by atoms with Gasteiger partial charge in [-0.3, -0.25) is 0 Å². The van der Waals surface area contributed by atoms with E-state index in [1.165, 1.54) is 23.1 Å². The van der Waals surface area contributed by atoms with Gasteiger partial charge in [0.2, 0.25) is 0 Å². The second kappa shape index (κ2) is 9.07. The van der Waals surface area contributed by atoms with Crippen LogP contribution in [0.5, 0.6) is 0 Å². The number of hydrogen-bond donors (Lipinski definition) is 0.